The van der Waals surface area contributed by atoms with Gasteiger partial charge in [-0.2, -0.15) is 0 Å². The molecule has 1 amide bonds. The van der Waals surface area contributed by atoms with Crippen molar-refractivity contribution in [1.82, 2.24) is 15.5 Å². The van der Waals surface area contributed by atoms with Gasteiger partial charge in [0.15, 0.2) is 0 Å². The van der Waals surface area contributed by atoms with E-state index in [9.17, 15) is 4.79 Å². The first-order valence-corrected chi connectivity index (χ1v) is 6.04. The number of terminal acetylenes is 1. The lowest BCUT2D eigenvalue weighted by Crippen LogP contribution is -2.45. The molecule has 1 atom stereocenters. The number of hydrogen-bond acceptors (Lipinski definition) is 3. The molecule has 0 spiro atoms. The molecule has 0 aliphatic heterocycles. The topological polar surface area (TPSA) is 44.4 Å². The highest BCUT2D eigenvalue weighted by Crippen LogP contribution is 2.05. The predicted octanol–water partition coefficient (Wildman–Crippen LogP) is 0.302. The van der Waals surface area contributed by atoms with Crippen LogP contribution in [-0.4, -0.2) is 50.6 Å². The van der Waals surface area contributed by atoms with Gasteiger partial charge in [-0.1, -0.05) is 19.8 Å². The van der Waals surface area contributed by atoms with E-state index in [1.54, 1.807) is 0 Å². The summed E-state index contributed by atoms with van der Waals surface area (Å²) in [6.45, 7) is 5.89. The Morgan fingerprint density at radius 1 is 1.41 bits per heavy atom. The third-order valence-corrected chi connectivity index (χ3v) is 2.22. The van der Waals surface area contributed by atoms with Crippen molar-refractivity contribution in [2.75, 3.05) is 33.7 Å². The number of amides is 1. The van der Waals surface area contributed by atoms with Crippen molar-refractivity contribution >= 4 is 5.91 Å². The Labute approximate surface area is 105 Å². The van der Waals surface area contributed by atoms with Crippen LogP contribution in [0, 0.1) is 18.3 Å². The summed E-state index contributed by atoms with van der Waals surface area (Å²) in [4.78, 5) is 13.7. The van der Waals surface area contributed by atoms with E-state index in [1.165, 1.54) is 0 Å². The summed E-state index contributed by atoms with van der Waals surface area (Å²) in [6.07, 6.45) is 6.08. The fourth-order valence-corrected chi connectivity index (χ4v) is 1.72. The van der Waals surface area contributed by atoms with Crippen LogP contribution in [0.4, 0.5) is 0 Å². The van der Waals surface area contributed by atoms with Crippen LogP contribution in [0.25, 0.3) is 0 Å². The number of rotatable bonds is 8. The quantitative estimate of drug-likeness (QED) is 0.473. The van der Waals surface area contributed by atoms with Crippen LogP contribution in [0.1, 0.15) is 20.3 Å². The molecule has 4 heteroatoms. The van der Waals surface area contributed by atoms with Crippen LogP contribution in [0.15, 0.2) is 0 Å². The standard InChI is InChI=1S/C13H25N3O/c1-6-7-14-9-13(17)15-12(8-11(2)3)10-16(4)5/h1,11-12,14H,7-10H2,2-5H3,(H,15,17). The zero-order valence-corrected chi connectivity index (χ0v) is 11.4. The van der Waals surface area contributed by atoms with E-state index in [2.05, 4.69) is 35.3 Å². The molecular weight excluding hydrogens is 214 g/mol. The summed E-state index contributed by atoms with van der Waals surface area (Å²) < 4.78 is 0. The smallest absolute Gasteiger partial charge is 0.234 e. The first-order valence-electron chi connectivity index (χ1n) is 6.04. The predicted molar refractivity (Wildman–Crippen MR) is 71.6 cm³/mol. The molecule has 0 fully saturated rings. The van der Waals surface area contributed by atoms with Gasteiger partial charge in [-0.15, -0.1) is 6.42 Å². The number of carbonyl (C=O) groups is 1. The third-order valence-electron chi connectivity index (χ3n) is 2.22. The van der Waals surface area contributed by atoms with Crippen LogP contribution in [0.2, 0.25) is 0 Å². The molecule has 17 heavy (non-hydrogen) atoms. The van der Waals surface area contributed by atoms with Crippen molar-refractivity contribution in [2.45, 2.75) is 26.3 Å². The summed E-state index contributed by atoms with van der Waals surface area (Å²) in [5.74, 6) is 3.02. The molecule has 1 unspecified atom stereocenters. The normalized spacial score (nSPS) is 12.5. The second-order valence-electron chi connectivity index (χ2n) is 4.96. The average molecular weight is 239 g/mol. The number of nitrogens with zero attached hydrogens (tertiary/aromatic N) is 1. The minimum absolute atomic E-state index is 0.00718. The Hall–Kier alpha value is -1.05. The Bertz CT molecular complexity index is 246. The van der Waals surface area contributed by atoms with Gasteiger partial charge in [0.25, 0.3) is 0 Å². The van der Waals surface area contributed by atoms with Crippen molar-refractivity contribution in [2.24, 2.45) is 5.92 Å². The fraction of sp³-hybridized carbons (Fsp3) is 0.769. The lowest BCUT2D eigenvalue weighted by Gasteiger charge is -2.24. The van der Waals surface area contributed by atoms with Crippen LogP contribution in [0.3, 0.4) is 0 Å². The zero-order valence-electron chi connectivity index (χ0n) is 11.4. The van der Waals surface area contributed by atoms with Gasteiger partial charge in [0.2, 0.25) is 5.91 Å². The molecule has 0 aliphatic rings. The monoisotopic (exact) mass is 239 g/mol. The molecule has 0 heterocycles. The van der Waals surface area contributed by atoms with E-state index in [4.69, 9.17) is 6.42 Å². The van der Waals surface area contributed by atoms with E-state index >= 15 is 0 Å². The van der Waals surface area contributed by atoms with Gasteiger partial charge in [-0.25, -0.2) is 0 Å². The summed E-state index contributed by atoms with van der Waals surface area (Å²) in [5.41, 5.74) is 0. The van der Waals surface area contributed by atoms with Crippen molar-refractivity contribution in [3.63, 3.8) is 0 Å². The van der Waals surface area contributed by atoms with Gasteiger partial charge in [-0.3, -0.25) is 10.1 Å². The van der Waals surface area contributed by atoms with Gasteiger partial charge >= 0.3 is 0 Å². The number of hydrogen-bond donors (Lipinski definition) is 2. The van der Waals surface area contributed by atoms with Gasteiger partial charge in [0.1, 0.15) is 0 Å². The Morgan fingerprint density at radius 3 is 2.53 bits per heavy atom. The largest absolute Gasteiger partial charge is 0.351 e. The molecule has 0 aliphatic carbocycles. The Balaban J connectivity index is 4.04. The van der Waals surface area contributed by atoms with Crippen molar-refractivity contribution in [3.05, 3.63) is 0 Å². The van der Waals surface area contributed by atoms with Gasteiger partial charge in [0, 0.05) is 12.6 Å². The van der Waals surface area contributed by atoms with Crippen molar-refractivity contribution in [1.29, 1.82) is 0 Å². The molecule has 0 bridgehead atoms. The van der Waals surface area contributed by atoms with Crippen LogP contribution < -0.4 is 10.6 Å². The first kappa shape index (κ1) is 16.0. The maximum atomic E-state index is 11.6. The zero-order chi connectivity index (χ0) is 13.3. The molecule has 0 saturated heterocycles. The molecule has 0 rings (SSSR count). The average Bonchev–Trinajstić information content (AvgIpc) is 2.15. The van der Waals surface area contributed by atoms with E-state index in [1.807, 2.05) is 14.1 Å². The lowest BCUT2D eigenvalue weighted by molar-refractivity contribution is -0.121. The second-order valence-corrected chi connectivity index (χ2v) is 4.96. The molecule has 0 aromatic heterocycles. The van der Waals surface area contributed by atoms with E-state index in [-0.39, 0.29) is 18.5 Å². The summed E-state index contributed by atoms with van der Waals surface area (Å²) >= 11 is 0. The van der Waals surface area contributed by atoms with Crippen LogP contribution >= 0.6 is 0 Å². The van der Waals surface area contributed by atoms with E-state index < -0.39 is 0 Å². The van der Waals surface area contributed by atoms with Crippen LogP contribution in [-0.2, 0) is 4.79 Å². The highest BCUT2D eigenvalue weighted by Gasteiger charge is 2.14. The van der Waals surface area contributed by atoms with Gasteiger partial charge in [-0.05, 0) is 26.4 Å². The SMILES string of the molecule is C#CCNCC(=O)NC(CC(C)C)CN(C)C. The summed E-state index contributed by atoms with van der Waals surface area (Å²) in [5, 5.41) is 5.91. The molecule has 4 nitrogen and oxygen atoms in total. The first-order chi connectivity index (χ1) is 7.95. The molecule has 0 aromatic rings. The van der Waals surface area contributed by atoms with Crippen molar-refractivity contribution in [3.8, 4) is 12.3 Å². The maximum absolute atomic E-state index is 11.6. The minimum Gasteiger partial charge on any atom is -0.351 e. The molecule has 2 N–H and O–H groups in total. The second kappa shape index (κ2) is 9.03. The summed E-state index contributed by atoms with van der Waals surface area (Å²) in [7, 11) is 4.02. The lowest BCUT2D eigenvalue weighted by atomic mass is 10.0. The van der Waals surface area contributed by atoms with Crippen LogP contribution in [0.5, 0.6) is 0 Å². The van der Waals surface area contributed by atoms with Crippen molar-refractivity contribution < 1.29 is 4.79 Å². The molecule has 0 aromatic carbocycles. The molecule has 98 valence electrons. The molecule has 0 saturated carbocycles. The third kappa shape index (κ3) is 9.86. The molecule has 0 radical (unpaired) electrons. The highest BCUT2D eigenvalue weighted by atomic mass is 16.1. The fourth-order valence-electron chi connectivity index (χ4n) is 1.72. The number of likely N-dealkylation sites (N-methyl/N-ethyl adjacent to an activating group) is 1. The molecular formula is C13H25N3O. The summed E-state index contributed by atoms with van der Waals surface area (Å²) in [6, 6.07) is 0.199. The highest BCUT2D eigenvalue weighted by molar-refractivity contribution is 5.78. The Morgan fingerprint density at radius 2 is 2.06 bits per heavy atom. The van der Waals surface area contributed by atoms with E-state index in [0.29, 0.717) is 12.5 Å². The van der Waals surface area contributed by atoms with E-state index in [0.717, 1.165) is 13.0 Å². The maximum Gasteiger partial charge on any atom is 0.234 e. The number of carbonyl (C=O) groups excluding carboxylic acids is 1. The Kier molecular flexibility index (Phi) is 8.47. The number of nitrogens with one attached hydrogen (secondary N) is 2. The van der Waals surface area contributed by atoms with Gasteiger partial charge < -0.3 is 10.2 Å². The minimum atomic E-state index is 0.00718. The van der Waals surface area contributed by atoms with Gasteiger partial charge in [0.05, 0.1) is 13.1 Å².